The van der Waals surface area contributed by atoms with Crippen LogP contribution < -0.4 is 15.0 Å². The van der Waals surface area contributed by atoms with Gasteiger partial charge in [-0.25, -0.2) is 9.18 Å². The fourth-order valence-electron chi connectivity index (χ4n) is 3.82. The lowest BCUT2D eigenvalue weighted by atomic mass is 9.89. The van der Waals surface area contributed by atoms with E-state index in [1.165, 1.54) is 11.0 Å². The van der Waals surface area contributed by atoms with Crippen LogP contribution in [0.25, 0.3) is 0 Å². The molecule has 2 unspecified atom stereocenters. The van der Waals surface area contributed by atoms with Crippen LogP contribution in [-0.2, 0) is 9.53 Å². The summed E-state index contributed by atoms with van der Waals surface area (Å²) in [5, 5.41) is 3.25. The van der Waals surface area contributed by atoms with E-state index in [-0.39, 0.29) is 24.2 Å². The van der Waals surface area contributed by atoms with E-state index in [9.17, 15) is 14.0 Å². The Labute approximate surface area is 172 Å². The molecule has 2 heterocycles. The minimum atomic E-state index is -0.665. The van der Waals surface area contributed by atoms with E-state index in [2.05, 4.69) is 5.32 Å². The number of fused-ring (bicyclic) bond motifs is 5. The van der Waals surface area contributed by atoms with Crippen LogP contribution in [0.2, 0.25) is 5.02 Å². The first-order valence-electron chi connectivity index (χ1n) is 9.40. The third kappa shape index (κ3) is 3.62. The molecule has 152 valence electrons. The second-order valence-electron chi connectivity index (χ2n) is 7.32. The lowest BCUT2D eigenvalue weighted by Crippen LogP contribution is -2.52. The molecule has 29 heavy (non-hydrogen) atoms. The fourth-order valence-corrected chi connectivity index (χ4v) is 3.99. The van der Waals surface area contributed by atoms with Gasteiger partial charge in [0, 0.05) is 17.0 Å². The summed E-state index contributed by atoms with van der Waals surface area (Å²) >= 11 is 6.17. The van der Waals surface area contributed by atoms with Gasteiger partial charge in [-0.05, 0) is 44.5 Å². The van der Waals surface area contributed by atoms with Crippen LogP contribution in [0.5, 0.6) is 11.5 Å². The summed E-state index contributed by atoms with van der Waals surface area (Å²) in [4.78, 5) is 26.8. The SMILES string of the molecule is CC(C)OC(=O)NC1CCC(=O)N2c3cc(Cl)ccc3Oc3c(F)cccc3C12. The van der Waals surface area contributed by atoms with Crippen molar-refractivity contribution >= 4 is 29.3 Å². The summed E-state index contributed by atoms with van der Waals surface area (Å²) in [7, 11) is 0. The quantitative estimate of drug-likeness (QED) is 0.748. The Kier molecular flexibility index (Phi) is 5.08. The fraction of sp³-hybridized carbons (Fsp3) is 0.333. The van der Waals surface area contributed by atoms with Crippen LogP contribution in [0, 0.1) is 5.82 Å². The number of halogens is 2. The van der Waals surface area contributed by atoms with Gasteiger partial charge in [-0.15, -0.1) is 0 Å². The molecule has 6 nitrogen and oxygen atoms in total. The first kappa shape index (κ1) is 19.5. The van der Waals surface area contributed by atoms with Crippen molar-refractivity contribution in [2.24, 2.45) is 0 Å². The maximum Gasteiger partial charge on any atom is 0.407 e. The van der Waals surface area contributed by atoms with Crippen LogP contribution in [0.4, 0.5) is 14.9 Å². The van der Waals surface area contributed by atoms with E-state index in [1.54, 1.807) is 44.2 Å². The number of alkyl carbamates (subject to hydrolysis) is 1. The van der Waals surface area contributed by atoms with Crippen molar-refractivity contribution in [1.29, 1.82) is 0 Å². The van der Waals surface area contributed by atoms with Crippen molar-refractivity contribution in [1.82, 2.24) is 5.32 Å². The van der Waals surface area contributed by atoms with Crippen molar-refractivity contribution in [3.63, 3.8) is 0 Å². The third-order valence-electron chi connectivity index (χ3n) is 4.95. The van der Waals surface area contributed by atoms with Crippen molar-refractivity contribution in [2.75, 3.05) is 4.90 Å². The van der Waals surface area contributed by atoms with E-state index in [1.807, 2.05) is 0 Å². The lowest BCUT2D eigenvalue weighted by molar-refractivity contribution is -0.120. The number of piperidine rings is 1. The largest absolute Gasteiger partial charge is 0.452 e. The highest BCUT2D eigenvalue weighted by Crippen LogP contribution is 2.49. The molecule has 0 aromatic heterocycles. The number of para-hydroxylation sites is 1. The number of benzene rings is 2. The molecular formula is C21H20ClFN2O4. The molecule has 4 rings (SSSR count). The number of nitrogens with zero attached hydrogens (tertiary/aromatic N) is 1. The van der Waals surface area contributed by atoms with Gasteiger partial charge in [0.05, 0.1) is 23.9 Å². The smallest absolute Gasteiger partial charge is 0.407 e. The van der Waals surface area contributed by atoms with Crippen molar-refractivity contribution in [2.45, 2.75) is 44.9 Å². The van der Waals surface area contributed by atoms with Crippen LogP contribution in [0.15, 0.2) is 36.4 Å². The van der Waals surface area contributed by atoms with Gasteiger partial charge >= 0.3 is 6.09 Å². The number of carbonyl (C=O) groups is 2. The van der Waals surface area contributed by atoms with Crippen LogP contribution in [0.1, 0.15) is 38.3 Å². The summed E-state index contributed by atoms with van der Waals surface area (Å²) in [6.07, 6.45) is -0.287. The predicted molar refractivity (Wildman–Crippen MR) is 106 cm³/mol. The van der Waals surface area contributed by atoms with Crippen LogP contribution >= 0.6 is 11.6 Å². The van der Waals surface area contributed by atoms with Gasteiger partial charge in [0.25, 0.3) is 0 Å². The highest BCUT2D eigenvalue weighted by molar-refractivity contribution is 6.31. The Bertz CT molecular complexity index is 981. The highest BCUT2D eigenvalue weighted by atomic mass is 35.5. The zero-order valence-corrected chi connectivity index (χ0v) is 16.7. The minimum absolute atomic E-state index is 0.0299. The second-order valence-corrected chi connectivity index (χ2v) is 7.76. The summed E-state index contributed by atoms with van der Waals surface area (Å²) in [5.41, 5.74) is 0.909. The van der Waals surface area contributed by atoms with Gasteiger partial charge in [0.2, 0.25) is 5.91 Å². The first-order chi connectivity index (χ1) is 13.8. The van der Waals surface area contributed by atoms with Crippen molar-refractivity contribution < 1.29 is 23.5 Å². The molecule has 2 aromatic rings. The number of amides is 2. The zero-order valence-electron chi connectivity index (χ0n) is 15.9. The van der Waals surface area contributed by atoms with Gasteiger partial charge in [0.1, 0.15) is 0 Å². The number of hydrogen-bond acceptors (Lipinski definition) is 4. The number of nitrogens with one attached hydrogen (secondary N) is 1. The van der Waals surface area contributed by atoms with Gasteiger partial charge in [0.15, 0.2) is 17.3 Å². The molecule has 1 fully saturated rings. The number of rotatable bonds is 2. The third-order valence-corrected chi connectivity index (χ3v) is 5.19. The first-order valence-corrected chi connectivity index (χ1v) is 9.78. The van der Waals surface area contributed by atoms with Crippen LogP contribution in [-0.4, -0.2) is 24.1 Å². The molecule has 0 saturated carbocycles. The summed E-state index contributed by atoms with van der Waals surface area (Å²) < 4.78 is 25.8. The molecule has 1 N–H and O–H groups in total. The van der Waals surface area contributed by atoms with E-state index < -0.39 is 24.0 Å². The minimum Gasteiger partial charge on any atom is -0.452 e. The highest BCUT2D eigenvalue weighted by Gasteiger charge is 2.43. The monoisotopic (exact) mass is 418 g/mol. The van der Waals surface area contributed by atoms with Gasteiger partial charge in [-0.2, -0.15) is 0 Å². The molecule has 0 aliphatic carbocycles. The number of anilines is 1. The average Bonchev–Trinajstić information content (AvgIpc) is 2.79. The summed E-state index contributed by atoms with van der Waals surface area (Å²) in [6.45, 7) is 3.50. The topological polar surface area (TPSA) is 67.9 Å². The molecule has 2 atom stereocenters. The standard InChI is InChI=1S/C21H20ClFN2O4/c1-11(2)28-21(27)24-15-7-9-18(26)25-16-10-12(22)6-8-17(16)29-20-13(19(15)25)4-3-5-14(20)23/h3-6,8,10-11,15,19H,7,9H2,1-2H3,(H,24,27). The maximum absolute atomic E-state index is 14.7. The molecule has 2 aliphatic rings. The van der Waals surface area contributed by atoms with Crippen molar-refractivity contribution in [3.8, 4) is 11.5 Å². The molecular weight excluding hydrogens is 399 g/mol. The molecule has 8 heteroatoms. The molecule has 0 radical (unpaired) electrons. The zero-order chi connectivity index (χ0) is 20.7. The van der Waals surface area contributed by atoms with Gasteiger partial charge in [-0.3, -0.25) is 9.69 Å². The van der Waals surface area contributed by atoms with Crippen LogP contribution in [0.3, 0.4) is 0 Å². The summed E-state index contributed by atoms with van der Waals surface area (Å²) in [6, 6.07) is 8.23. The Hall–Kier alpha value is -2.80. The molecule has 0 spiro atoms. The maximum atomic E-state index is 14.7. The van der Waals surface area contributed by atoms with E-state index >= 15 is 0 Å². The Balaban J connectivity index is 1.85. The second kappa shape index (κ2) is 7.55. The number of ether oxygens (including phenoxy) is 2. The molecule has 2 aliphatic heterocycles. The normalized spacial score (nSPS) is 20.2. The Morgan fingerprint density at radius 2 is 2.14 bits per heavy atom. The van der Waals surface area contributed by atoms with E-state index in [4.69, 9.17) is 21.1 Å². The summed E-state index contributed by atoms with van der Waals surface area (Å²) in [5.74, 6) is -0.356. The number of carbonyl (C=O) groups excluding carboxylic acids is 2. The molecule has 2 aromatic carbocycles. The molecule has 0 bridgehead atoms. The average molecular weight is 419 g/mol. The Morgan fingerprint density at radius 3 is 2.90 bits per heavy atom. The molecule has 2 amide bonds. The van der Waals surface area contributed by atoms with Gasteiger partial charge < -0.3 is 14.8 Å². The molecule has 1 saturated heterocycles. The Morgan fingerprint density at radius 1 is 1.34 bits per heavy atom. The lowest BCUT2D eigenvalue weighted by Gasteiger charge is -2.40. The predicted octanol–water partition coefficient (Wildman–Crippen LogP) is 4.96. The van der Waals surface area contributed by atoms with Gasteiger partial charge in [-0.1, -0.05) is 23.7 Å². The van der Waals surface area contributed by atoms with Crippen molar-refractivity contribution in [3.05, 3.63) is 52.8 Å². The van der Waals surface area contributed by atoms with E-state index in [0.29, 0.717) is 28.4 Å². The number of hydrogen-bond donors (Lipinski definition) is 1. The van der Waals surface area contributed by atoms with E-state index in [0.717, 1.165) is 0 Å².